The Morgan fingerprint density at radius 2 is 1.92 bits per heavy atom. The Kier molecular flexibility index (Phi) is 10.2. The van der Waals surface area contributed by atoms with Gasteiger partial charge in [0, 0.05) is 64.6 Å². The highest BCUT2D eigenvalue weighted by atomic mass is 127. The van der Waals surface area contributed by atoms with Crippen LogP contribution in [0, 0.1) is 0 Å². The smallest absolute Gasteiger partial charge is 0.225 e. The molecule has 0 spiro atoms. The first-order valence-corrected chi connectivity index (χ1v) is 8.91. The topological polar surface area (TPSA) is 85.8 Å². The minimum Gasteiger partial charge on any atom is -0.356 e. The number of carbonyl (C=O) groups excluding carboxylic acids is 1. The molecule has 0 saturated carbocycles. The van der Waals surface area contributed by atoms with Crippen LogP contribution >= 0.6 is 24.0 Å². The average Bonchev–Trinajstić information content (AvgIpc) is 2.66. The summed E-state index contributed by atoms with van der Waals surface area (Å²) in [6.07, 6.45) is 4.91. The third-order valence-electron chi connectivity index (χ3n) is 4.28. The minimum absolute atomic E-state index is 0. The predicted octanol–water partition coefficient (Wildman–Crippen LogP) is 1.10. The Balaban J connectivity index is 0.00000338. The van der Waals surface area contributed by atoms with Gasteiger partial charge in [0.25, 0.3) is 0 Å². The molecule has 26 heavy (non-hydrogen) atoms. The van der Waals surface area contributed by atoms with Crippen LogP contribution in [0.5, 0.6) is 0 Å². The van der Waals surface area contributed by atoms with Crippen LogP contribution in [0.25, 0.3) is 0 Å². The number of halogens is 1. The van der Waals surface area contributed by atoms with E-state index >= 15 is 0 Å². The van der Waals surface area contributed by atoms with Crippen molar-refractivity contribution in [3.63, 3.8) is 0 Å². The SMILES string of the molecule is CCC(C)NC(=O)CCNC(=NC)N1CCN(c2ncccn2)CC1.I. The number of rotatable bonds is 6. The molecular weight excluding hydrogens is 445 g/mol. The Morgan fingerprint density at radius 3 is 2.50 bits per heavy atom. The van der Waals surface area contributed by atoms with Gasteiger partial charge in [-0.2, -0.15) is 0 Å². The van der Waals surface area contributed by atoms with Gasteiger partial charge in [0.2, 0.25) is 11.9 Å². The van der Waals surface area contributed by atoms with E-state index in [0.29, 0.717) is 13.0 Å². The largest absolute Gasteiger partial charge is 0.356 e. The molecule has 0 bridgehead atoms. The molecule has 1 fully saturated rings. The Morgan fingerprint density at radius 1 is 1.27 bits per heavy atom. The van der Waals surface area contributed by atoms with Gasteiger partial charge in [-0.05, 0) is 19.4 Å². The molecule has 1 aliphatic rings. The Bertz CT molecular complexity index is 561. The highest BCUT2D eigenvalue weighted by molar-refractivity contribution is 14.0. The molecule has 1 amide bonds. The number of aromatic nitrogens is 2. The van der Waals surface area contributed by atoms with Gasteiger partial charge in [-0.3, -0.25) is 9.79 Å². The van der Waals surface area contributed by atoms with Crippen LogP contribution in [0.2, 0.25) is 0 Å². The summed E-state index contributed by atoms with van der Waals surface area (Å²) in [5.74, 6) is 1.68. The molecule has 1 unspecified atom stereocenters. The van der Waals surface area contributed by atoms with Crippen LogP contribution in [0.4, 0.5) is 5.95 Å². The molecule has 2 rings (SSSR count). The number of anilines is 1. The van der Waals surface area contributed by atoms with Crippen LogP contribution in [0.3, 0.4) is 0 Å². The van der Waals surface area contributed by atoms with E-state index in [1.807, 2.05) is 13.0 Å². The first-order chi connectivity index (χ1) is 12.1. The lowest BCUT2D eigenvalue weighted by Crippen LogP contribution is -2.53. The third-order valence-corrected chi connectivity index (χ3v) is 4.28. The van der Waals surface area contributed by atoms with E-state index in [0.717, 1.165) is 44.5 Å². The van der Waals surface area contributed by atoms with Crippen LogP contribution in [0.15, 0.2) is 23.5 Å². The maximum Gasteiger partial charge on any atom is 0.225 e. The number of amides is 1. The van der Waals surface area contributed by atoms with E-state index in [1.54, 1.807) is 19.4 Å². The number of nitrogens with one attached hydrogen (secondary N) is 2. The summed E-state index contributed by atoms with van der Waals surface area (Å²) in [4.78, 5) is 29.1. The molecule has 0 aromatic carbocycles. The summed E-state index contributed by atoms with van der Waals surface area (Å²) < 4.78 is 0. The number of aliphatic imine (C=N–C) groups is 1. The molecule has 2 N–H and O–H groups in total. The number of hydrogen-bond acceptors (Lipinski definition) is 5. The summed E-state index contributed by atoms with van der Waals surface area (Å²) in [6.45, 7) is 8.04. The summed E-state index contributed by atoms with van der Waals surface area (Å²) in [5.41, 5.74) is 0. The zero-order valence-electron chi connectivity index (χ0n) is 15.8. The van der Waals surface area contributed by atoms with Crippen molar-refractivity contribution in [2.75, 3.05) is 44.7 Å². The summed E-state index contributed by atoms with van der Waals surface area (Å²) in [6, 6.07) is 2.04. The van der Waals surface area contributed by atoms with Crippen molar-refractivity contribution in [2.24, 2.45) is 4.99 Å². The summed E-state index contributed by atoms with van der Waals surface area (Å²) in [7, 11) is 1.77. The first-order valence-electron chi connectivity index (χ1n) is 8.91. The predicted molar refractivity (Wildman–Crippen MR) is 115 cm³/mol. The van der Waals surface area contributed by atoms with Crippen molar-refractivity contribution in [2.45, 2.75) is 32.7 Å². The zero-order chi connectivity index (χ0) is 18.1. The second kappa shape index (κ2) is 11.9. The molecule has 9 heteroatoms. The number of hydrogen-bond donors (Lipinski definition) is 2. The molecule has 1 aromatic rings. The molecule has 2 heterocycles. The normalized spacial score (nSPS) is 15.9. The summed E-state index contributed by atoms with van der Waals surface area (Å²) >= 11 is 0. The highest BCUT2D eigenvalue weighted by Crippen LogP contribution is 2.09. The van der Waals surface area contributed by atoms with Crippen molar-refractivity contribution in [1.82, 2.24) is 25.5 Å². The highest BCUT2D eigenvalue weighted by Gasteiger charge is 2.21. The zero-order valence-corrected chi connectivity index (χ0v) is 18.1. The molecule has 146 valence electrons. The Hall–Kier alpha value is -1.65. The number of piperazine rings is 1. The van der Waals surface area contributed by atoms with Crippen molar-refractivity contribution < 1.29 is 4.79 Å². The van der Waals surface area contributed by atoms with E-state index in [4.69, 9.17) is 0 Å². The van der Waals surface area contributed by atoms with Gasteiger partial charge in [0.15, 0.2) is 5.96 Å². The fourth-order valence-corrected chi connectivity index (χ4v) is 2.64. The number of nitrogens with zero attached hydrogens (tertiary/aromatic N) is 5. The quantitative estimate of drug-likeness (QED) is 0.364. The van der Waals surface area contributed by atoms with E-state index < -0.39 is 0 Å². The van der Waals surface area contributed by atoms with Crippen LogP contribution in [-0.4, -0.2) is 72.5 Å². The second-order valence-corrected chi connectivity index (χ2v) is 6.12. The minimum atomic E-state index is 0. The molecule has 0 radical (unpaired) electrons. The van der Waals surface area contributed by atoms with E-state index in [9.17, 15) is 4.79 Å². The average molecular weight is 475 g/mol. The fraction of sp³-hybridized carbons (Fsp3) is 0.647. The van der Waals surface area contributed by atoms with Gasteiger partial charge in [0.05, 0.1) is 0 Å². The molecule has 1 aliphatic heterocycles. The van der Waals surface area contributed by atoms with E-state index in [2.05, 4.69) is 42.3 Å². The summed E-state index contributed by atoms with van der Waals surface area (Å²) in [5, 5.41) is 6.25. The molecule has 1 aromatic heterocycles. The van der Waals surface area contributed by atoms with Crippen molar-refractivity contribution in [3.05, 3.63) is 18.5 Å². The van der Waals surface area contributed by atoms with Gasteiger partial charge in [0.1, 0.15) is 0 Å². The van der Waals surface area contributed by atoms with Gasteiger partial charge in [-0.25, -0.2) is 9.97 Å². The lowest BCUT2D eigenvalue weighted by molar-refractivity contribution is -0.121. The number of carbonyl (C=O) groups is 1. The number of guanidine groups is 1. The molecule has 0 aliphatic carbocycles. The molecule has 8 nitrogen and oxygen atoms in total. The van der Waals surface area contributed by atoms with Crippen LogP contribution in [0.1, 0.15) is 26.7 Å². The van der Waals surface area contributed by atoms with Crippen LogP contribution < -0.4 is 15.5 Å². The van der Waals surface area contributed by atoms with Crippen molar-refractivity contribution in [3.8, 4) is 0 Å². The van der Waals surface area contributed by atoms with Gasteiger partial charge < -0.3 is 20.4 Å². The monoisotopic (exact) mass is 475 g/mol. The fourth-order valence-electron chi connectivity index (χ4n) is 2.64. The first kappa shape index (κ1) is 22.4. The van der Waals surface area contributed by atoms with E-state index in [1.165, 1.54) is 0 Å². The van der Waals surface area contributed by atoms with Crippen molar-refractivity contribution >= 4 is 41.8 Å². The van der Waals surface area contributed by atoms with Gasteiger partial charge in [-0.1, -0.05) is 6.92 Å². The lowest BCUT2D eigenvalue weighted by atomic mass is 10.2. The molecule has 1 atom stereocenters. The third kappa shape index (κ3) is 6.93. The van der Waals surface area contributed by atoms with Crippen molar-refractivity contribution in [1.29, 1.82) is 0 Å². The Labute approximate surface area is 172 Å². The van der Waals surface area contributed by atoms with E-state index in [-0.39, 0.29) is 35.9 Å². The molecule has 1 saturated heterocycles. The second-order valence-electron chi connectivity index (χ2n) is 6.12. The van der Waals surface area contributed by atoms with Crippen LogP contribution in [-0.2, 0) is 4.79 Å². The standard InChI is InChI=1S/C17H29N7O.HI/c1-4-14(2)22-15(25)6-9-21-16(18-3)23-10-12-24(13-11-23)17-19-7-5-8-20-17;/h5,7-8,14H,4,6,9-13H2,1-3H3,(H,18,21)(H,22,25);1H. The maximum atomic E-state index is 11.8. The lowest BCUT2D eigenvalue weighted by Gasteiger charge is -2.36. The van der Waals surface area contributed by atoms with Gasteiger partial charge >= 0.3 is 0 Å². The molecular formula is C17H30IN7O. The van der Waals surface area contributed by atoms with Gasteiger partial charge in [-0.15, -0.1) is 24.0 Å². The maximum absolute atomic E-state index is 11.8.